The fourth-order valence-electron chi connectivity index (χ4n) is 1.49. The molecule has 0 aliphatic heterocycles. The zero-order chi connectivity index (χ0) is 16.2. The molecule has 0 atom stereocenters. The number of nitrogens with zero attached hydrogens (tertiary/aromatic N) is 3. The lowest BCUT2D eigenvalue weighted by Gasteiger charge is -2.32. The Balaban J connectivity index is 2.93. The van der Waals surface area contributed by atoms with Gasteiger partial charge in [-0.05, 0) is 27.9 Å². The first-order valence-electron chi connectivity index (χ1n) is 6.98. The van der Waals surface area contributed by atoms with Crippen molar-refractivity contribution < 1.29 is 4.79 Å². The number of nitrogens with one attached hydrogen (secondary N) is 2. The van der Waals surface area contributed by atoms with Gasteiger partial charge in [0.1, 0.15) is 5.82 Å². The highest BCUT2D eigenvalue weighted by Crippen LogP contribution is 2.16. The van der Waals surface area contributed by atoms with Gasteiger partial charge in [0.05, 0.1) is 11.9 Å². The van der Waals surface area contributed by atoms with E-state index in [1.165, 1.54) is 6.20 Å². The first-order valence-corrected chi connectivity index (χ1v) is 6.98. The summed E-state index contributed by atoms with van der Waals surface area (Å²) in [6, 6.07) is 0. The van der Waals surface area contributed by atoms with Gasteiger partial charge in [0.25, 0.3) is 5.91 Å². The SMILES string of the molecule is CC(C)c1ncc(NN)c(C(=O)NCC(C)(C)N(C)C)n1. The number of rotatable bonds is 6. The summed E-state index contributed by atoms with van der Waals surface area (Å²) in [5.74, 6) is 5.92. The van der Waals surface area contributed by atoms with E-state index < -0.39 is 0 Å². The van der Waals surface area contributed by atoms with Gasteiger partial charge in [0.2, 0.25) is 0 Å². The van der Waals surface area contributed by atoms with Crippen LogP contribution in [0.1, 0.15) is 49.9 Å². The molecule has 0 saturated carbocycles. The van der Waals surface area contributed by atoms with Crippen LogP contribution < -0.4 is 16.6 Å². The number of nitrogens with two attached hydrogens (primary N) is 1. The molecular weight excluding hydrogens is 268 g/mol. The van der Waals surface area contributed by atoms with Crippen LogP contribution in [0.25, 0.3) is 0 Å². The fourth-order valence-corrected chi connectivity index (χ4v) is 1.49. The van der Waals surface area contributed by atoms with E-state index in [0.717, 1.165) is 0 Å². The number of nitrogen functional groups attached to an aromatic ring is 1. The van der Waals surface area contributed by atoms with E-state index in [0.29, 0.717) is 18.1 Å². The minimum absolute atomic E-state index is 0.140. The molecule has 1 rings (SSSR count). The molecule has 0 radical (unpaired) electrons. The lowest BCUT2D eigenvalue weighted by molar-refractivity contribution is 0.0915. The quantitative estimate of drug-likeness (QED) is 0.534. The highest BCUT2D eigenvalue weighted by molar-refractivity contribution is 5.97. The van der Waals surface area contributed by atoms with Crippen LogP contribution in [0, 0.1) is 0 Å². The van der Waals surface area contributed by atoms with E-state index in [1.54, 1.807) is 0 Å². The third-order valence-corrected chi connectivity index (χ3v) is 3.59. The highest BCUT2D eigenvalue weighted by atomic mass is 16.1. The van der Waals surface area contributed by atoms with Crippen molar-refractivity contribution in [2.75, 3.05) is 26.1 Å². The molecule has 0 spiro atoms. The Hall–Kier alpha value is -1.73. The fraction of sp³-hybridized carbons (Fsp3) is 0.643. The average molecular weight is 294 g/mol. The van der Waals surface area contributed by atoms with Crippen molar-refractivity contribution in [3.63, 3.8) is 0 Å². The highest BCUT2D eigenvalue weighted by Gasteiger charge is 2.23. The van der Waals surface area contributed by atoms with Crippen molar-refractivity contribution in [3.05, 3.63) is 17.7 Å². The second kappa shape index (κ2) is 6.82. The molecule has 0 fully saturated rings. The molecule has 21 heavy (non-hydrogen) atoms. The summed E-state index contributed by atoms with van der Waals surface area (Å²) in [7, 11) is 3.95. The molecule has 0 unspecified atom stereocenters. The Kier molecular flexibility index (Phi) is 5.62. The normalized spacial score (nSPS) is 11.9. The molecule has 1 heterocycles. The monoisotopic (exact) mass is 294 g/mol. The van der Waals surface area contributed by atoms with Crippen molar-refractivity contribution in [1.29, 1.82) is 0 Å². The van der Waals surface area contributed by atoms with Gasteiger partial charge in [0, 0.05) is 18.0 Å². The van der Waals surface area contributed by atoms with E-state index in [2.05, 4.69) is 39.5 Å². The van der Waals surface area contributed by atoms with Crippen LogP contribution in [-0.2, 0) is 0 Å². The van der Waals surface area contributed by atoms with Gasteiger partial charge in [0.15, 0.2) is 5.69 Å². The van der Waals surface area contributed by atoms with Crippen molar-refractivity contribution in [2.24, 2.45) is 5.84 Å². The molecule has 0 saturated heterocycles. The second-order valence-corrected chi connectivity index (χ2v) is 6.18. The number of amides is 1. The number of carbonyl (C=O) groups is 1. The van der Waals surface area contributed by atoms with Crippen LogP contribution in [-0.4, -0.2) is 47.0 Å². The summed E-state index contributed by atoms with van der Waals surface area (Å²) in [5.41, 5.74) is 3.00. The largest absolute Gasteiger partial charge is 0.349 e. The zero-order valence-corrected chi connectivity index (χ0v) is 13.7. The van der Waals surface area contributed by atoms with Crippen LogP contribution in [0.2, 0.25) is 0 Å². The third-order valence-electron chi connectivity index (χ3n) is 3.59. The number of hydrogen-bond donors (Lipinski definition) is 3. The Bertz CT molecular complexity index is 498. The van der Waals surface area contributed by atoms with Gasteiger partial charge in [-0.2, -0.15) is 0 Å². The number of aromatic nitrogens is 2. The summed E-state index contributed by atoms with van der Waals surface area (Å²) >= 11 is 0. The number of hydrazine groups is 1. The molecule has 1 aromatic rings. The van der Waals surface area contributed by atoms with Crippen molar-refractivity contribution >= 4 is 11.6 Å². The topological polar surface area (TPSA) is 96.2 Å². The number of hydrogen-bond acceptors (Lipinski definition) is 6. The molecule has 7 heteroatoms. The van der Waals surface area contributed by atoms with Gasteiger partial charge < -0.3 is 15.6 Å². The predicted molar refractivity (Wildman–Crippen MR) is 84.0 cm³/mol. The number of carbonyl (C=O) groups excluding carboxylic acids is 1. The zero-order valence-electron chi connectivity index (χ0n) is 13.7. The first-order chi connectivity index (χ1) is 9.69. The third kappa shape index (κ3) is 4.37. The summed E-state index contributed by atoms with van der Waals surface area (Å²) in [5, 5.41) is 2.89. The first kappa shape index (κ1) is 17.3. The minimum Gasteiger partial charge on any atom is -0.349 e. The molecule has 7 nitrogen and oxygen atoms in total. The molecule has 0 aliphatic rings. The summed E-state index contributed by atoms with van der Waals surface area (Å²) in [4.78, 5) is 22.9. The van der Waals surface area contributed by atoms with Crippen LogP contribution in [0.3, 0.4) is 0 Å². The molecule has 1 amide bonds. The molecule has 0 bridgehead atoms. The lowest BCUT2D eigenvalue weighted by Crippen LogP contribution is -2.48. The molecule has 0 aliphatic carbocycles. The van der Waals surface area contributed by atoms with Gasteiger partial charge in [-0.15, -0.1) is 0 Å². The van der Waals surface area contributed by atoms with Crippen LogP contribution in [0.15, 0.2) is 6.20 Å². The maximum Gasteiger partial charge on any atom is 0.272 e. The van der Waals surface area contributed by atoms with Gasteiger partial charge in [-0.25, -0.2) is 9.97 Å². The van der Waals surface area contributed by atoms with Crippen molar-refractivity contribution in [2.45, 2.75) is 39.2 Å². The minimum atomic E-state index is -0.262. The van der Waals surface area contributed by atoms with Crippen molar-refractivity contribution in [1.82, 2.24) is 20.2 Å². The second-order valence-electron chi connectivity index (χ2n) is 6.18. The van der Waals surface area contributed by atoms with Gasteiger partial charge >= 0.3 is 0 Å². The Morgan fingerprint density at radius 1 is 1.43 bits per heavy atom. The van der Waals surface area contributed by atoms with Gasteiger partial charge in [-0.3, -0.25) is 10.6 Å². The van der Waals surface area contributed by atoms with Crippen LogP contribution >= 0.6 is 0 Å². The van der Waals surface area contributed by atoms with E-state index in [1.807, 2.05) is 27.9 Å². The molecule has 4 N–H and O–H groups in total. The predicted octanol–water partition coefficient (Wildman–Crippen LogP) is 0.956. The smallest absolute Gasteiger partial charge is 0.272 e. The number of likely N-dealkylation sites (N-methyl/N-ethyl adjacent to an activating group) is 1. The molecule has 1 aromatic heterocycles. The molecular formula is C14H26N6O. The van der Waals surface area contributed by atoms with E-state index in [-0.39, 0.29) is 23.1 Å². The summed E-state index contributed by atoms with van der Waals surface area (Å²) < 4.78 is 0. The van der Waals surface area contributed by atoms with Gasteiger partial charge in [-0.1, -0.05) is 13.8 Å². The standard InChI is InChI=1S/C14H26N6O/c1-9(2)12-16-7-10(19-15)11(18-12)13(21)17-8-14(3,4)20(5)6/h7,9,19H,8,15H2,1-6H3,(H,17,21). The summed E-state index contributed by atoms with van der Waals surface area (Å²) in [6.45, 7) is 8.55. The Morgan fingerprint density at radius 2 is 2.05 bits per heavy atom. The molecule has 118 valence electrons. The van der Waals surface area contributed by atoms with Crippen molar-refractivity contribution in [3.8, 4) is 0 Å². The maximum absolute atomic E-state index is 12.4. The van der Waals surface area contributed by atoms with E-state index in [9.17, 15) is 4.79 Å². The van der Waals surface area contributed by atoms with E-state index in [4.69, 9.17) is 5.84 Å². The molecule has 0 aromatic carbocycles. The Morgan fingerprint density at radius 3 is 2.52 bits per heavy atom. The van der Waals surface area contributed by atoms with Crippen LogP contribution in [0.5, 0.6) is 0 Å². The van der Waals surface area contributed by atoms with Crippen LogP contribution in [0.4, 0.5) is 5.69 Å². The van der Waals surface area contributed by atoms with E-state index >= 15 is 0 Å². The number of anilines is 1. The Labute approximate surface area is 126 Å². The average Bonchev–Trinajstić information content (AvgIpc) is 2.43. The summed E-state index contributed by atoms with van der Waals surface area (Å²) in [6.07, 6.45) is 1.54. The maximum atomic E-state index is 12.4. The lowest BCUT2D eigenvalue weighted by atomic mass is 10.0.